The lowest BCUT2D eigenvalue weighted by atomic mass is 9.73. The summed E-state index contributed by atoms with van der Waals surface area (Å²) in [7, 11) is 0. The van der Waals surface area contributed by atoms with Gasteiger partial charge in [-0.05, 0) is 64.9 Å². The van der Waals surface area contributed by atoms with Crippen LogP contribution >= 0.6 is 0 Å². The van der Waals surface area contributed by atoms with Crippen LogP contribution in [0.2, 0.25) is 0 Å². The van der Waals surface area contributed by atoms with Gasteiger partial charge in [0.05, 0.1) is 23.4 Å². The van der Waals surface area contributed by atoms with Crippen molar-refractivity contribution in [1.29, 1.82) is 0 Å². The van der Waals surface area contributed by atoms with Gasteiger partial charge in [0.25, 0.3) is 0 Å². The van der Waals surface area contributed by atoms with Crippen LogP contribution in [0.5, 0.6) is 0 Å². The molecule has 1 aliphatic carbocycles. The van der Waals surface area contributed by atoms with E-state index in [-0.39, 0.29) is 5.92 Å². The monoisotopic (exact) mass is 400 g/mol. The molecule has 0 spiro atoms. The Labute approximate surface area is 167 Å². The number of rotatable bonds is 6. The molecule has 1 saturated carbocycles. The largest absolute Gasteiger partial charge is 0.389 e. The van der Waals surface area contributed by atoms with Crippen LogP contribution in [0.25, 0.3) is 0 Å². The molecule has 0 aromatic carbocycles. The number of hydrogen-bond donors (Lipinski definition) is 5. The van der Waals surface area contributed by atoms with Crippen molar-refractivity contribution in [3.05, 3.63) is 24.3 Å². The van der Waals surface area contributed by atoms with Gasteiger partial charge in [-0.3, -0.25) is 0 Å². The summed E-state index contributed by atoms with van der Waals surface area (Å²) in [6.45, 7) is 10.7. The van der Waals surface area contributed by atoms with Crippen molar-refractivity contribution >= 4 is 0 Å². The predicted octanol–water partition coefficient (Wildman–Crippen LogP) is 1.02. The molecule has 0 bridgehead atoms. The first-order valence-electron chi connectivity index (χ1n) is 9.97. The van der Waals surface area contributed by atoms with Crippen LogP contribution in [0.3, 0.4) is 0 Å². The molecular formula is C21H36O7. The molecule has 162 valence electrons. The van der Waals surface area contributed by atoms with Crippen molar-refractivity contribution in [1.82, 2.24) is 0 Å². The first kappa shape index (κ1) is 23.5. The van der Waals surface area contributed by atoms with Gasteiger partial charge < -0.3 is 35.0 Å². The summed E-state index contributed by atoms with van der Waals surface area (Å²) in [5.41, 5.74) is -1.000. The zero-order valence-corrected chi connectivity index (χ0v) is 17.3. The zero-order chi connectivity index (χ0) is 21.3. The van der Waals surface area contributed by atoms with E-state index in [0.717, 1.165) is 12.0 Å². The van der Waals surface area contributed by atoms with Crippen molar-refractivity contribution in [2.45, 2.75) is 101 Å². The van der Waals surface area contributed by atoms with Gasteiger partial charge in [-0.25, -0.2) is 0 Å². The summed E-state index contributed by atoms with van der Waals surface area (Å²) in [4.78, 5) is 0. The highest BCUT2D eigenvalue weighted by Gasteiger charge is 2.47. The molecule has 2 fully saturated rings. The van der Waals surface area contributed by atoms with Gasteiger partial charge in [0.1, 0.15) is 18.3 Å². The highest BCUT2D eigenvalue weighted by Crippen LogP contribution is 2.41. The van der Waals surface area contributed by atoms with Gasteiger partial charge in [-0.1, -0.05) is 18.7 Å². The van der Waals surface area contributed by atoms with Crippen molar-refractivity contribution in [2.75, 3.05) is 0 Å². The molecule has 0 radical (unpaired) electrons. The van der Waals surface area contributed by atoms with Crippen molar-refractivity contribution in [3.8, 4) is 0 Å². The molecule has 2 rings (SSSR count). The summed E-state index contributed by atoms with van der Waals surface area (Å²) in [5, 5.41) is 50.6. The van der Waals surface area contributed by atoms with E-state index in [1.165, 1.54) is 0 Å². The molecule has 0 aromatic heterocycles. The van der Waals surface area contributed by atoms with Gasteiger partial charge in [0, 0.05) is 0 Å². The van der Waals surface area contributed by atoms with Gasteiger partial charge in [-0.2, -0.15) is 0 Å². The Morgan fingerprint density at radius 3 is 2.36 bits per heavy atom. The Bertz CT molecular complexity index is 570. The Balaban J connectivity index is 2.22. The molecule has 0 amide bonds. The smallest absolute Gasteiger partial charge is 0.187 e. The maximum Gasteiger partial charge on any atom is 0.187 e. The van der Waals surface area contributed by atoms with Gasteiger partial charge in [-0.15, -0.1) is 0 Å². The van der Waals surface area contributed by atoms with Crippen LogP contribution in [0.15, 0.2) is 24.3 Å². The van der Waals surface area contributed by atoms with Crippen LogP contribution in [0.1, 0.15) is 53.4 Å². The fourth-order valence-corrected chi connectivity index (χ4v) is 3.90. The molecule has 1 heterocycles. The minimum absolute atomic E-state index is 0.0467. The molecule has 1 saturated heterocycles. The molecule has 28 heavy (non-hydrogen) atoms. The molecule has 1 aliphatic heterocycles. The second kappa shape index (κ2) is 8.92. The lowest BCUT2D eigenvalue weighted by molar-refractivity contribution is -0.325. The topological polar surface area (TPSA) is 120 Å². The van der Waals surface area contributed by atoms with E-state index in [9.17, 15) is 25.5 Å². The van der Waals surface area contributed by atoms with E-state index in [2.05, 4.69) is 6.58 Å². The van der Waals surface area contributed by atoms with Crippen LogP contribution in [0.4, 0.5) is 0 Å². The summed E-state index contributed by atoms with van der Waals surface area (Å²) >= 11 is 0. The maximum absolute atomic E-state index is 10.4. The minimum Gasteiger partial charge on any atom is -0.389 e. The third kappa shape index (κ3) is 5.63. The Hall–Kier alpha value is -0.800. The van der Waals surface area contributed by atoms with E-state index in [1.807, 2.05) is 13.0 Å². The van der Waals surface area contributed by atoms with Gasteiger partial charge >= 0.3 is 0 Å². The normalized spacial score (nSPS) is 39.9. The number of hydrogen-bond acceptors (Lipinski definition) is 7. The lowest BCUT2D eigenvalue weighted by Crippen LogP contribution is -2.59. The predicted molar refractivity (Wildman–Crippen MR) is 104 cm³/mol. The average Bonchev–Trinajstić information content (AvgIpc) is 2.59. The standard InChI is InChI=1S/C21H36O7/c1-12-7-8-14(11-15(12)22)21(5,10-6-9-20(3,4)26)28-19-18(25)17(24)16(23)13(2)27-19/h6,9,13-19,22-26H,1,7-8,10-11H2,2-5H3/t13-,14+,15+,16+,17+,18-,19+,21+/m1/s1. The maximum atomic E-state index is 10.4. The summed E-state index contributed by atoms with van der Waals surface area (Å²) in [5.74, 6) is -0.0467. The van der Waals surface area contributed by atoms with E-state index in [1.54, 1.807) is 26.8 Å². The first-order valence-corrected chi connectivity index (χ1v) is 9.97. The van der Waals surface area contributed by atoms with E-state index < -0.39 is 48.0 Å². The highest BCUT2D eigenvalue weighted by atomic mass is 16.7. The Morgan fingerprint density at radius 2 is 1.79 bits per heavy atom. The number of aliphatic hydroxyl groups is 5. The molecule has 2 aliphatic rings. The minimum atomic E-state index is -1.40. The summed E-state index contributed by atoms with van der Waals surface area (Å²) in [6.07, 6.45) is -0.597. The molecule has 5 N–H and O–H groups in total. The SMILES string of the molecule is C=C1CC[C@H]([C@](C)(CC=CC(C)(C)O)O[C@@H]2O[C@H](C)[C@H](O)[C@H](O)[C@H]2O)C[C@@H]1O. The first-order chi connectivity index (χ1) is 12.8. The summed E-state index contributed by atoms with van der Waals surface area (Å²) in [6, 6.07) is 0. The van der Waals surface area contributed by atoms with Crippen molar-refractivity contribution in [3.63, 3.8) is 0 Å². The average molecular weight is 401 g/mol. The second-order valence-corrected chi connectivity index (χ2v) is 9.02. The van der Waals surface area contributed by atoms with Crippen molar-refractivity contribution in [2.24, 2.45) is 5.92 Å². The van der Waals surface area contributed by atoms with E-state index in [0.29, 0.717) is 19.3 Å². The summed E-state index contributed by atoms with van der Waals surface area (Å²) < 4.78 is 11.8. The number of ether oxygens (including phenoxy) is 2. The molecule has 8 atom stereocenters. The van der Waals surface area contributed by atoms with Crippen LogP contribution < -0.4 is 0 Å². The second-order valence-electron chi connectivity index (χ2n) is 9.02. The molecule has 0 unspecified atom stereocenters. The lowest BCUT2D eigenvalue weighted by Gasteiger charge is -2.47. The quantitative estimate of drug-likeness (QED) is 0.422. The highest BCUT2D eigenvalue weighted by molar-refractivity contribution is 5.10. The fourth-order valence-electron chi connectivity index (χ4n) is 3.90. The molecule has 0 aromatic rings. The van der Waals surface area contributed by atoms with Crippen molar-refractivity contribution < 1.29 is 35.0 Å². The van der Waals surface area contributed by atoms with E-state index >= 15 is 0 Å². The van der Waals surface area contributed by atoms with Crippen LogP contribution in [-0.2, 0) is 9.47 Å². The Kier molecular flexibility index (Phi) is 7.48. The van der Waals surface area contributed by atoms with Crippen LogP contribution in [-0.4, -0.2) is 73.5 Å². The fraction of sp³-hybridized carbons (Fsp3) is 0.810. The zero-order valence-electron chi connectivity index (χ0n) is 17.3. The third-order valence-corrected chi connectivity index (χ3v) is 5.90. The van der Waals surface area contributed by atoms with Crippen LogP contribution in [0, 0.1) is 5.92 Å². The number of aliphatic hydroxyl groups excluding tert-OH is 4. The van der Waals surface area contributed by atoms with E-state index in [4.69, 9.17) is 9.47 Å². The molecule has 7 nitrogen and oxygen atoms in total. The van der Waals surface area contributed by atoms with Gasteiger partial charge in [0.15, 0.2) is 6.29 Å². The molecular weight excluding hydrogens is 364 g/mol. The molecule has 7 heteroatoms. The van der Waals surface area contributed by atoms with Gasteiger partial charge in [0.2, 0.25) is 0 Å². The Morgan fingerprint density at radius 1 is 1.14 bits per heavy atom. The third-order valence-electron chi connectivity index (χ3n) is 5.90.